The molecule has 0 spiro atoms. The number of anilines is 1. The molecule has 4 heteroatoms. The van der Waals surface area contributed by atoms with E-state index in [0.717, 1.165) is 19.5 Å². The van der Waals surface area contributed by atoms with Crippen molar-refractivity contribution in [3.8, 4) is 0 Å². The third-order valence-electron chi connectivity index (χ3n) is 4.19. The van der Waals surface area contributed by atoms with Gasteiger partial charge in [-0.2, -0.15) is 0 Å². The van der Waals surface area contributed by atoms with Crippen LogP contribution in [0.25, 0.3) is 0 Å². The van der Waals surface area contributed by atoms with Gasteiger partial charge in [0.05, 0.1) is 6.42 Å². The highest BCUT2D eigenvalue weighted by atomic mass is 16.4. The zero-order valence-corrected chi connectivity index (χ0v) is 13.5. The Labute approximate surface area is 127 Å². The van der Waals surface area contributed by atoms with E-state index in [1.54, 1.807) is 0 Å². The zero-order valence-electron chi connectivity index (χ0n) is 13.5. The number of carboxylic acid groups (broad SMARTS) is 1. The fourth-order valence-electron chi connectivity index (χ4n) is 2.82. The molecule has 1 aliphatic rings. The van der Waals surface area contributed by atoms with Crippen molar-refractivity contribution in [2.24, 2.45) is 0 Å². The maximum atomic E-state index is 10.8. The van der Waals surface area contributed by atoms with Gasteiger partial charge in [-0.05, 0) is 44.4 Å². The highest BCUT2D eigenvalue weighted by Gasteiger charge is 2.23. The normalized spacial score (nSPS) is 14.6. The standard InChI is InChI=1S/C17H26N2O2/c1-17(2,3)19(10-8-16(20)21)12-13-5-6-15-14(11-13)7-9-18(15)4/h5-6,11H,7-10,12H2,1-4H3,(H,20,21). The smallest absolute Gasteiger partial charge is 0.304 e. The second-order valence-corrected chi connectivity index (χ2v) is 6.87. The maximum absolute atomic E-state index is 10.8. The van der Waals surface area contributed by atoms with Gasteiger partial charge < -0.3 is 10.0 Å². The number of hydrogen-bond donors (Lipinski definition) is 1. The summed E-state index contributed by atoms with van der Waals surface area (Å²) >= 11 is 0. The molecule has 2 rings (SSSR count). The Morgan fingerprint density at radius 3 is 2.71 bits per heavy atom. The summed E-state index contributed by atoms with van der Waals surface area (Å²) in [5.74, 6) is -0.736. The number of aliphatic carboxylic acids is 1. The monoisotopic (exact) mass is 290 g/mol. The van der Waals surface area contributed by atoms with E-state index >= 15 is 0 Å². The van der Waals surface area contributed by atoms with Gasteiger partial charge in [-0.15, -0.1) is 0 Å². The topological polar surface area (TPSA) is 43.8 Å². The number of rotatable bonds is 5. The van der Waals surface area contributed by atoms with Crippen molar-refractivity contribution in [1.82, 2.24) is 4.90 Å². The molecule has 0 saturated carbocycles. The quantitative estimate of drug-likeness (QED) is 0.905. The average molecular weight is 290 g/mol. The van der Waals surface area contributed by atoms with Crippen molar-refractivity contribution in [3.05, 3.63) is 29.3 Å². The van der Waals surface area contributed by atoms with E-state index < -0.39 is 5.97 Å². The van der Waals surface area contributed by atoms with E-state index in [4.69, 9.17) is 5.11 Å². The second-order valence-electron chi connectivity index (χ2n) is 6.87. The molecule has 0 saturated heterocycles. The number of nitrogens with zero attached hydrogens (tertiary/aromatic N) is 2. The van der Waals surface area contributed by atoms with E-state index in [1.165, 1.54) is 16.8 Å². The molecule has 4 nitrogen and oxygen atoms in total. The minimum Gasteiger partial charge on any atom is -0.481 e. The molecule has 0 amide bonds. The number of carbonyl (C=O) groups is 1. The Kier molecular flexibility index (Phi) is 4.57. The number of hydrogen-bond acceptors (Lipinski definition) is 3. The lowest BCUT2D eigenvalue weighted by Crippen LogP contribution is -2.42. The van der Waals surface area contributed by atoms with E-state index in [1.807, 2.05) is 0 Å². The summed E-state index contributed by atoms with van der Waals surface area (Å²) in [6.07, 6.45) is 1.29. The Morgan fingerprint density at radius 1 is 1.38 bits per heavy atom. The molecule has 1 aromatic rings. The minimum atomic E-state index is -0.736. The van der Waals surface area contributed by atoms with Crippen LogP contribution in [0, 0.1) is 0 Å². The molecule has 0 unspecified atom stereocenters. The van der Waals surface area contributed by atoms with E-state index in [9.17, 15) is 4.79 Å². The van der Waals surface area contributed by atoms with Crippen LogP contribution in [0.15, 0.2) is 18.2 Å². The summed E-state index contributed by atoms with van der Waals surface area (Å²) in [4.78, 5) is 15.4. The third kappa shape index (κ3) is 3.97. The van der Waals surface area contributed by atoms with Crippen molar-refractivity contribution >= 4 is 11.7 Å². The minimum absolute atomic E-state index is 0.0365. The van der Waals surface area contributed by atoms with Crippen LogP contribution in [0.3, 0.4) is 0 Å². The molecule has 0 aliphatic carbocycles. The fraction of sp³-hybridized carbons (Fsp3) is 0.588. The van der Waals surface area contributed by atoms with Crippen molar-refractivity contribution in [2.45, 2.75) is 45.7 Å². The highest BCUT2D eigenvalue weighted by Crippen LogP contribution is 2.28. The van der Waals surface area contributed by atoms with E-state index in [2.05, 4.69) is 55.8 Å². The predicted molar refractivity (Wildman–Crippen MR) is 85.8 cm³/mol. The summed E-state index contributed by atoms with van der Waals surface area (Å²) in [6, 6.07) is 6.63. The van der Waals surface area contributed by atoms with Crippen LogP contribution in [0.2, 0.25) is 0 Å². The average Bonchev–Trinajstić information content (AvgIpc) is 2.74. The van der Waals surface area contributed by atoms with Crippen LogP contribution in [-0.2, 0) is 17.8 Å². The molecule has 0 aromatic heterocycles. The molecule has 116 valence electrons. The summed E-state index contributed by atoms with van der Waals surface area (Å²) < 4.78 is 0. The van der Waals surface area contributed by atoms with Gasteiger partial charge in [-0.25, -0.2) is 0 Å². The van der Waals surface area contributed by atoms with Crippen molar-refractivity contribution in [1.29, 1.82) is 0 Å². The van der Waals surface area contributed by atoms with Crippen molar-refractivity contribution < 1.29 is 9.90 Å². The molecular weight excluding hydrogens is 264 g/mol. The first kappa shape index (κ1) is 15.8. The van der Waals surface area contributed by atoms with Gasteiger partial charge in [-0.1, -0.05) is 12.1 Å². The van der Waals surface area contributed by atoms with Gasteiger partial charge in [0.25, 0.3) is 0 Å². The number of carboxylic acids is 1. The van der Waals surface area contributed by atoms with Crippen LogP contribution in [0.5, 0.6) is 0 Å². The van der Waals surface area contributed by atoms with Gasteiger partial charge in [0.15, 0.2) is 0 Å². The van der Waals surface area contributed by atoms with Gasteiger partial charge in [0.2, 0.25) is 0 Å². The SMILES string of the molecule is CN1CCc2cc(CN(CCC(=O)O)C(C)(C)C)ccc21. The first-order chi connectivity index (χ1) is 9.77. The van der Waals surface area contributed by atoms with Crippen LogP contribution < -0.4 is 4.90 Å². The molecule has 21 heavy (non-hydrogen) atoms. The number of benzene rings is 1. The van der Waals surface area contributed by atoms with Crippen LogP contribution in [-0.4, -0.2) is 41.7 Å². The predicted octanol–water partition coefficient (Wildman–Crippen LogP) is 2.75. The lowest BCUT2D eigenvalue weighted by molar-refractivity contribution is -0.137. The number of likely N-dealkylation sites (N-methyl/N-ethyl adjacent to an activating group) is 1. The van der Waals surface area contributed by atoms with Gasteiger partial charge in [0.1, 0.15) is 0 Å². The molecule has 0 fully saturated rings. The van der Waals surface area contributed by atoms with Crippen LogP contribution >= 0.6 is 0 Å². The molecule has 1 N–H and O–H groups in total. The van der Waals surface area contributed by atoms with Gasteiger partial charge in [-0.3, -0.25) is 9.69 Å². The van der Waals surface area contributed by atoms with E-state index in [0.29, 0.717) is 6.54 Å². The van der Waals surface area contributed by atoms with Gasteiger partial charge in [0, 0.05) is 37.9 Å². The maximum Gasteiger partial charge on any atom is 0.304 e. The lowest BCUT2D eigenvalue weighted by atomic mass is 10.0. The first-order valence-electron chi connectivity index (χ1n) is 7.57. The Hall–Kier alpha value is -1.55. The van der Waals surface area contributed by atoms with Gasteiger partial charge >= 0.3 is 5.97 Å². The molecule has 1 aliphatic heterocycles. The number of fused-ring (bicyclic) bond motifs is 1. The Bertz CT molecular complexity index is 520. The molecular formula is C17H26N2O2. The Morgan fingerprint density at radius 2 is 2.10 bits per heavy atom. The molecule has 1 aromatic carbocycles. The fourth-order valence-corrected chi connectivity index (χ4v) is 2.82. The first-order valence-corrected chi connectivity index (χ1v) is 7.57. The van der Waals surface area contributed by atoms with E-state index in [-0.39, 0.29) is 12.0 Å². The molecule has 0 bridgehead atoms. The zero-order chi connectivity index (χ0) is 15.6. The summed E-state index contributed by atoms with van der Waals surface area (Å²) in [5.41, 5.74) is 3.96. The summed E-state index contributed by atoms with van der Waals surface area (Å²) in [6.45, 7) is 8.87. The van der Waals surface area contributed by atoms with Crippen molar-refractivity contribution in [2.75, 3.05) is 25.0 Å². The highest BCUT2D eigenvalue weighted by molar-refractivity contribution is 5.66. The van der Waals surface area contributed by atoms with Crippen LogP contribution in [0.4, 0.5) is 5.69 Å². The lowest BCUT2D eigenvalue weighted by Gasteiger charge is -2.35. The third-order valence-corrected chi connectivity index (χ3v) is 4.19. The Balaban J connectivity index is 2.11. The summed E-state index contributed by atoms with van der Waals surface area (Å²) in [5, 5.41) is 8.92. The van der Waals surface area contributed by atoms with Crippen LogP contribution in [0.1, 0.15) is 38.3 Å². The largest absolute Gasteiger partial charge is 0.481 e. The molecule has 0 atom stereocenters. The summed E-state index contributed by atoms with van der Waals surface area (Å²) in [7, 11) is 2.12. The van der Waals surface area contributed by atoms with Crippen molar-refractivity contribution in [3.63, 3.8) is 0 Å². The molecule has 0 radical (unpaired) electrons. The molecule has 1 heterocycles. The second kappa shape index (κ2) is 6.06.